The van der Waals surface area contributed by atoms with Gasteiger partial charge in [-0.1, -0.05) is 52.2 Å². The van der Waals surface area contributed by atoms with Crippen molar-refractivity contribution < 1.29 is 19.1 Å². The van der Waals surface area contributed by atoms with E-state index in [1.54, 1.807) is 13.0 Å². The number of nitrogens with zero attached hydrogens (tertiary/aromatic N) is 2. The van der Waals surface area contributed by atoms with E-state index in [1.165, 1.54) is 12.1 Å². The fourth-order valence-corrected chi connectivity index (χ4v) is 6.06. The van der Waals surface area contributed by atoms with E-state index >= 15 is 0 Å². The lowest BCUT2D eigenvalue weighted by molar-refractivity contribution is 0.0700. The van der Waals surface area contributed by atoms with Gasteiger partial charge in [-0.2, -0.15) is 0 Å². The second-order valence-corrected chi connectivity index (χ2v) is 10.6. The topological polar surface area (TPSA) is 98.3 Å². The number of rotatable bonds is 6. The molecule has 0 radical (unpaired) electrons. The highest BCUT2D eigenvalue weighted by molar-refractivity contribution is 7.17. The molecule has 1 aliphatic heterocycles. The predicted molar refractivity (Wildman–Crippen MR) is 129 cm³/mol. The minimum Gasteiger partial charge on any atom is -0.477 e. The summed E-state index contributed by atoms with van der Waals surface area (Å²) in [4.78, 5) is 33.9. The third-order valence-corrected chi connectivity index (χ3v) is 8.78. The van der Waals surface area contributed by atoms with Crippen LogP contribution in [0.25, 0.3) is 0 Å². The van der Waals surface area contributed by atoms with Crippen LogP contribution in [0.5, 0.6) is 0 Å². The van der Waals surface area contributed by atoms with Crippen LogP contribution >= 0.6 is 46.1 Å². The summed E-state index contributed by atoms with van der Waals surface area (Å²) < 4.78 is 14.2. The maximum absolute atomic E-state index is 14.2. The number of halogens is 4. The second kappa shape index (κ2) is 8.71. The number of anilines is 1. The van der Waals surface area contributed by atoms with Crippen LogP contribution in [0.3, 0.4) is 0 Å². The molecule has 2 aliphatic rings. The first kappa shape index (κ1) is 23.4. The molecule has 0 bridgehead atoms. The number of carboxylic acids is 1. The van der Waals surface area contributed by atoms with E-state index in [2.05, 4.69) is 15.3 Å². The van der Waals surface area contributed by atoms with Crippen LogP contribution in [-0.4, -0.2) is 46.1 Å². The van der Waals surface area contributed by atoms with E-state index in [4.69, 9.17) is 34.8 Å². The number of aromatic amines is 1. The van der Waals surface area contributed by atoms with Crippen LogP contribution < -0.4 is 10.2 Å². The van der Waals surface area contributed by atoms with E-state index in [-0.39, 0.29) is 62.1 Å². The molecule has 1 amide bonds. The molecule has 1 saturated heterocycles. The van der Waals surface area contributed by atoms with Crippen molar-refractivity contribution in [2.45, 2.75) is 19.4 Å². The minimum absolute atomic E-state index is 0.00204. The molecule has 2 fully saturated rings. The number of nitrogens with one attached hydrogen (secondary N) is 2. The van der Waals surface area contributed by atoms with Crippen molar-refractivity contribution in [2.75, 3.05) is 18.0 Å². The zero-order chi connectivity index (χ0) is 24.3. The molecule has 0 spiro atoms. The lowest BCUT2D eigenvalue weighted by Crippen LogP contribution is -2.34. The standard InChI is InChI=1S/C22H18Cl3FN4O3S/c1-8-15(24)16(25)18(27-8)20(31)29-17-10-6-30(7-11(10)17)22-28-14(19(34-22)21(32)33)5-9-12(23)3-2-4-13(9)26/h2-4,10-11,17,27H,5-7H2,1H3,(H,29,31)(H,32,33)/t10-,11+,17+. The van der Waals surface area contributed by atoms with Gasteiger partial charge in [-0.15, -0.1) is 0 Å². The van der Waals surface area contributed by atoms with Gasteiger partial charge >= 0.3 is 5.97 Å². The monoisotopic (exact) mass is 542 g/mol. The fourth-order valence-electron chi connectivity index (χ4n) is 4.48. The van der Waals surface area contributed by atoms with E-state index in [1.807, 2.05) is 4.90 Å². The summed E-state index contributed by atoms with van der Waals surface area (Å²) in [5.41, 5.74) is 1.37. The number of piperidine rings is 1. The number of hydrogen-bond donors (Lipinski definition) is 3. The Morgan fingerprint density at radius 2 is 1.97 bits per heavy atom. The van der Waals surface area contributed by atoms with Gasteiger partial charge in [-0.05, 0) is 19.1 Å². The molecule has 5 rings (SSSR count). The molecule has 34 heavy (non-hydrogen) atoms. The molecule has 3 N–H and O–H groups in total. The Hall–Kier alpha value is -2.33. The number of carbonyl (C=O) groups excluding carboxylic acids is 1. The van der Waals surface area contributed by atoms with Gasteiger partial charge in [-0.25, -0.2) is 14.2 Å². The van der Waals surface area contributed by atoms with Crippen LogP contribution in [0, 0.1) is 24.6 Å². The summed E-state index contributed by atoms with van der Waals surface area (Å²) in [7, 11) is 0. The average molecular weight is 544 g/mol. The first-order chi connectivity index (χ1) is 16.2. The van der Waals surface area contributed by atoms with Gasteiger partial charge in [0.1, 0.15) is 16.4 Å². The highest BCUT2D eigenvalue weighted by atomic mass is 35.5. The molecule has 3 atom stereocenters. The summed E-state index contributed by atoms with van der Waals surface area (Å²) in [6.07, 6.45) is -0.0120. The smallest absolute Gasteiger partial charge is 0.347 e. The Balaban J connectivity index is 1.27. The molecular weight excluding hydrogens is 526 g/mol. The molecule has 2 aromatic heterocycles. The average Bonchev–Trinajstić information content (AvgIpc) is 3.16. The third kappa shape index (κ3) is 4.04. The molecule has 12 heteroatoms. The zero-order valence-electron chi connectivity index (χ0n) is 17.7. The van der Waals surface area contributed by atoms with Crippen molar-refractivity contribution in [1.82, 2.24) is 15.3 Å². The van der Waals surface area contributed by atoms with Crippen LogP contribution in [0.1, 0.15) is 37.1 Å². The van der Waals surface area contributed by atoms with Gasteiger partial charge in [0.05, 0.1) is 15.7 Å². The van der Waals surface area contributed by atoms with Gasteiger partial charge in [0, 0.05) is 53.7 Å². The van der Waals surface area contributed by atoms with Gasteiger partial charge in [0.2, 0.25) is 0 Å². The number of amides is 1. The number of hydrogen-bond acceptors (Lipinski definition) is 5. The molecule has 0 unspecified atom stereocenters. The summed E-state index contributed by atoms with van der Waals surface area (Å²) >= 11 is 19.4. The van der Waals surface area contributed by atoms with Crippen molar-refractivity contribution >= 4 is 63.1 Å². The Labute approximate surface area is 212 Å². The quantitative estimate of drug-likeness (QED) is 0.405. The molecule has 3 heterocycles. The van der Waals surface area contributed by atoms with Crippen molar-refractivity contribution in [3.05, 3.63) is 66.6 Å². The Bertz CT molecular complexity index is 1290. The summed E-state index contributed by atoms with van der Waals surface area (Å²) in [5, 5.41) is 14.0. The first-order valence-corrected chi connectivity index (χ1v) is 12.4. The maximum atomic E-state index is 14.2. The number of carboxylic acid groups (broad SMARTS) is 1. The summed E-state index contributed by atoms with van der Waals surface area (Å²) in [5.74, 6) is -1.49. The van der Waals surface area contributed by atoms with E-state index in [9.17, 15) is 19.1 Å². The zero-order valence-corrected chi connectivity index (χ0v) is 20.7. The lowest BCUT2D eigenvalue weighted by atomic mass is 10.1. The molecule has 1 aliphatic carbocycles. The fraction of sp³-hybridized carbons (Fsp3) is 0.318. The number of fused-ring (bicyclic) bond motifs is 1. The van der Waals surface area contributed by atoms with Crippen molar-refractivity contribution in [2.24, 2.45) is 11.8 Å². The third-order valence-electron chi connectivity index (χ3n) is 6.33. The highest BCUT2D eigenvalue weighted by Crippen LogP contribution is 2.48. The summed E-state index contributed by atoms with van der Waals surface area (Å²) in [6.45, 7) is 2.99. The SMILES string of the molecule is Cc1[nH]c(C(=O)N[C@H]2[C@@H]3CN(c4nc(Cc5c(F)cccc5Cl)c(C(=O)O)s4)C[C@@H]32)c(Cl)c1Cl. The number of H-pyrrole nitrogens is 1. The number of aryl methyl sites for hydroxylation is 1. The number of carbonyl (C=O) groups is 2. The molecule has 178 valence electrons. The Kier molecular flexibility index (Phi) is 6.00. The van der Waals surface area contributed by atoms with E-state index < -0.39 is 11.8 Å². The number of aromatic nitrogens is 2. The van der Waals surface area contributed by atoms with Gasteiger partial charge in [0.25, 0.3) is 5.91 Å². The van der Waals surface area contributed by atoms with Crippen LogP contribution in [-0.2, 0) is 6.42 Å². The molecule has 1 saturated carbocycles. The van der Waals surface area contributed by atoms with E-state index in [0.717, 1.165) is 11.3 Å². The van der Waals surface area contributed by atoms with Crippen LogP contribution in [0.4, 0.5) is 9.52 Å². The largest absolute Gasteiger partial charge is 0.477 e. The van der Waals surface area contributed by atoms with Crippen molar-refractivity contribution in [3.63, 3.8) is 0 Å². The molecular formula is C22H18Cl3FN4O3S. The van der Waals surface area contributed by atoms with Gasteiger partial charge in [0.15, 0.2) is 5.13 Å². The van der Waals surface area contributed by atoms with Crippen molar-refractivity contribution in [1.29, 1.82) is 0 Å². The van der Waals surface area contributed by atoms with Crippen LogP contribution in [0.2, 0.25) is 15.1 Å². The predicted octanol–water partition coefficient (Wildman–Crippen LogP) is 5.03. The first-order valence-electron chi connectivity index (χ1n) is 10.4. The van der Waals surface area contributed by atoms with E-state index in [0.29, 0.717) is 28.9 Å². The summed E-state index contributed by atoms with van der Waals surface area (Å²) in [6, 6.07) is 4.34. The second-order valence-electron chi connectivity index (χ2n) is 8.44. The number of thiazole rings is 1. The highest BCUT2D eigenvalue weighted by Gasteiger charge is 2.57. The Morgan fingerprint density at radius 3 is 2.56 bits per heavy atom. The molecule has 7 nitrogen and oxygen atoms in total. The van der Waals surface area contributed by atoms with Gasteiger partial charge in [-0.3, -0.25) is 4.79 Å². The molecule has 1 aromatic carbocycles. The maximum Gasteiger partial charge on any atom is 0.347 e. The lowest BCUT2D eigenvalue weighted by Gasteiger charge is -2.19. The number of benzene rings is 1. The normalized spacial score (nSPS) is 21.0. The van der Waals surface area contributed by atoms with Crippen molar-refractivity contribution in [3.8, 4) is 0 Å². The minimum atomic E-state index is -1.11. The Morgan fingerprint density at radius 1 is 1.26 bits per heavy atom. The number of aromatic carboxylic acids is 1. The molecule has 3 aromatic rings. The van der Waals surface area contributed by atoms with Crippen LogP contribution in [0.15, 0.2) is 18.2 Å². The van der Waals surface area contributed by atoms with Gasteiger partial charge < -0.3 is 20.3 Å².